The lowest BCUT2D eigenvalue weighted by atomic mass is 9.84. The number of aryl methyl sites for hydroxylation is 1. The van der Waals surface area contributed by atoms with E-state index >= 15 is 0 Å². The first kappa shape index (κ1) is 40.9. The van der Waals surface area contributed by atoms with Crippen molar-refractivity contribution in [3.8, 4) is 11.3 Å². The molecule has 52 heavy (non-hydrogen) atoms. The molecule has 0 fully saturated rings. The molecule has 0 saturated heterocycles. The number of unbranched alkanes of at least 4 members (excludes halogenated alkanes) is 2. The van der Waals surface area contributed by atoms with Gasteiger partial charge in [0.15, 0.2) is 5.76 Å². The number of hydrogen-bond donors (Lipinski definition) is 4. The minimum Gasteiger partial charge on any atom is -0.469 e. The third-order valence-corrected chi connectivity index (χ3v) is 8.46. The molecular weight excluding hydrogens is 672 g/mol. The molecule has 0 aliphatic heterocycles. The zero-order valence-electron chi connectivity index (χ0n) is 30.2. The maximum atomic E-state index is 13.3. The first-order chi connectivity index (χ1) is 25.0. The third-order valence-electron chi connectivity index (χ3n) is 8.46. The summed E-state index contributed by atoms with van der Waals surface area (Å²) in [5.41, 5.74) is 4.76. The van der Waals surface area contributed by atoms with Gasteiger partial charge in [0.25, 0.3) is 11.8 Å². The van der Waals surface area contributed by atoms with E-state index < -0.39 is 48.1 Å². The Labute approximate surface area is 303 Å². The molecule has 0 saturated carbocycles. The summed E-state index contributed by atoms with van der Waals surface area (Å²) in [6.07, 6.45) is 3.15. The number of ether oxygens (including phenoxy) is 2. The van der Waals surface area contributed by atoms with Gasteiger partial charge in [-0.15, -0.1) is 0 Å². The normalized spacial score (nSPS) is 12.5. The molecule has 0 bridgehead atoms. The first-order valence-electron chi connectivity index (χ1n) is 17.2. The molecule has 1 aromatic heterocycles. The molecule has 0 unspecified atom stereocenters. The van der Waals surface area contributed by atoms with Crippen molar-refractivity contribution in [1.29, 1.82) is 0 Å². The van der Waals surface area contributed by atoms with E-state index in [-0.39, 0.29) is 36.4 Å². The number of carbonyl (C=O) groups excluding carboxylic acids is 6. The minimum absolute atomic E-state index is 0.00618. The largest absolute Gasteiger partial charge is 0.469 e. The van der Waals surface area contributed by atoms with E-state index in [4.69, 9.17) is 9.25 Å². The van der Waals surface area contributed by atoms with E-state index in [1.807, 2.05) is 37.3 Å². The number of hydrogen-bond acceptors (Lipinski definition) is 10. The molecule has 4 N–H and O–H groups in total. The molecule has 14 heteroatoms. The summed E-state index contributed by atoms with van der Waals surface area (Å²) in [5, 5.41) is 7.86. The highest BCUT2D eigenvalue weighted by Gasteiger charge is 2.32. The average molecular weight is 721 g/mol. The Morgan fingerprint density at radius 2 is 1.56 bits per heavy atom. The Kier molecular flexibility index (Phi) is 16.5. The van der Waals surface area contributed by atoms with E-state index in [1.165, 1.54) is 19.2 Å². The SMILES string of the molecule is CCCCC[C@@H](C(=O)NCNC(=O)c1ccc(-c2ccc(C(=O)N[C@@H](CC(=O)OC)C(=O)OC)c(C)c2)o1)[C@@H](CC)C(=O)NOCc1ccccc1. The fourth-order valence-corrected chi connectivity index (χ4v) is 5.56. The van der Waals surface area contributed by atoms with Crippen LogP contribution in [0.25, 0.3) is 11.3 Å². The Bertz CT molecular complexity index is 1670. The standard InChI is InChI=1S/C38H48N4O10/c1-6-8-10-15-29(27(7-2)36(46)42-51-22-25-13-11-9-12-14-25)34(44)39-23-40-37(47)32-19-18-31(52-32)26-16-17-28(24(3)20-26)35(45)41-30(38(48)50-5)21-33(43)49-4/h9,11-14,16-20,27,29-30H,6-8,10,15,21-23H2,1-5H3,(H,39,44)(H,40,47)(H,41,45)(H,42,46)/t27-,29-,30+/m1/s1. The van der Waals surface area contributed by atoms with E-state index in [0.29, 0.717) is 29.7 Å². The number of carbonyl (C=O) groups is 6. The summed E-state index contributed by atoms with van der Waals surface area (Å²) in [7, 11) is 2.32. The molecular formula is C38H48N4O10. The molecule has 4 amide bonds. The number of esters is 2. The molecule has 2 aromatic carbocycles. The topological polar surface area (TPSA) is 191 Å². The van der Waals surface area contributed by atoms with Crippen molar-refractivity contribution in [2.45, 2.75) is 71.9 Å². The quantitative estimate of drug-likeness (QED) is 0.0565. The van der Waals surface area contributed by atoms with Gasteiger partial charge < -0.3 is 29.8 Å². The molecule has 0 radical (unpaired) electrons. The van der Waals surface area contributed by atoms with E-state index in [2.05, 4.69) is 37.8 Å². The van der Waals surface area contributed by atoms with Crippen LogP contribution in [0.15, 0.2) is 65.1 Å². The van der Waals surface area contributed by atoms with Gasteiger partial charge >= 0.3 is 11.9 Å². The zero-order valence-corrected chi connectivity index (χ0v) is 30.2. The van der Waals surface area contributed by atoms with Crippen molar-refractivity contribution >= 4 is 35.6 Å². The lowest BCUT2D eigenvalue weighted by Gasteiger charge is -2.24. The Balaban J connectivity index is 1.59. The summed E-state index contributed by atoms with van der Waals surface area (Å²) in [6, 6.07) is 16.1. The highest BCUT2D eigenvalue weighted by molar-refractivity contribution is 5.99. The maximum absolute atomic E-state index is 13.3. The molecule has 0 spiro atoms. The number of rotatable bonds is 20. The van der Waals surface area contributed by atoms with Gasteiger partial charge in [0, 0.05) is 17.0 Å². The van der Waals surface area contributed by atoms with E-state index in [0.717, 1.165) is 31.9 Å². The predicted octanol–water partition coefficient (Wildman–Crippen LogP) is 4.36. The van der Waals surface area contributed by atoms with Gasteiger partial charge in [-0.05, 0) is 55.2 Å². The monoisotopic (exact) mass is 720 g/mol. The second kappa shape index (κ2) is 21.0. The van der Waals surface area contributed by atoms with Gasteiger partial charge in [-0.3, -0.25) is 28.8 Å². The number of hydroxylamine groups is 1. The highest BCUT2D eigenvalue weighted by atomic mass is 16.6. The summed E-state index contributed by atoms with van der Waals surface area (Å²) < 4.78 is 15.1. The molecule has 3 aromatic rings. The van der Waals surface area contributed by atoms with Crippen LogP contribution < -0.4 is 21.4 Å². The maximum Gasteiger partial charge on any atom is 0.328 e. The molecule has 14 nitrogen and oxygen atoms in total. The zero-order chi connectivity index (χ0) is 38.0. The minimum atomic E-state index is -1.23. The van der Waals surface area contributed by atoms with Crippen molar-refractivity contribution in [3.63, 3.8) is 0 Å². The summed E-state index contributed by atoms with van der Waals surface area (Å²) >= 11 is 0. The Morgan fingerprint density at radius 1 is 0.808 bits per heavy atom. The van der Waals surface area contributed by atoms with Crippen molar-refractivity contribution in [2.75, 3.05) is 20.9 Å². The van der Waals surface area contributed by atoms with Crippen molar-refractivity contribution < 1.29 is 47.5 Å². The van der Waals surface area contributed by atoms with Crippen molar-refractivity contribution in [3.05, 3.63) is 83.1 Å². The highest BCUT2D eigenvalue weighted by Crippen LogP contribution is 2.26. The summed E-state index contributed by atoms with van der Waals surface area (Å²) in [5.74, 6) is -4.30. The fourth-order valence-electron chi connectivity index (χ4n) is 5.56. The van der Waals surface area contributed by atoms with Crippen LogP contribution in [0.4, 0.5) is 0 Å². The molecule has 1 heterocycles. The van der Waals surface area contributed by atoms with Gasteiger partial charge in [-0.25, -0.2) is 10.3 Å². The van der Waals surface area contributed by atoms with Crippen LogP contribution in [0, 0.1) is 18.8 Å². The average Bonchev–Trinajstić information content (AvgIpc) is 3.65. The van der Waals surface area contributed by atoms with Crippen LogP contribution in [-0.2, 0) is 40.1 Å². The number of benzene rings is 2. The van der Waals surface area contributed by atoms with Crippen LogP contribution in [-0.4, -0.2) is 62.5 Å². The van der Waals surface area contributed by atoms with Crippen LogP contribution in [0.3, 0.4) is 0 Å². The summed E-state index contributed by atoms with van der Waals surface area (Å²) in [4.78, 5) is 81.5. The second-order valence-electron chi connectivity index (χ2n) is 12.1. The van der Waals surface area contributed by atoms with Gasteiger partial charge in [-0.2, -0.15) is 0 Å². The first-order valence-corrected chi connectivity index (χ1v) is 17.2. The molecule has 0 aliphatic carbocycles. The van der Waals surface area contributed by atoms with Gasteiger partial charge in [0.1, 0.15) is 11.8 Å². The molecule has 0 aliphatic rings. The van der Waals surface area contributed by atoms with Crippen molar-refractivity contribution in [1.82, 2.24) is 21.4 Å². The van der Waals surface area contributed by atoms with Crippen LogP contribution in [0.2, 0.25) is 0 Å². The smallest absolute Gasteiger partial charge is 0.328 e. The lowest BCUT2D eigenvalue weighted by molar-refractivity contribution is -0.149. The molecule has 3 atom stereocenters. The van der Waals surface area contributed by atoms with E-state index in [9.17, 15) is 28.8 Å². The fraction of sp³-hybridized carbons (Fsp3) is 0.421. The van der Waals surface area contributed by atoms with Crippen LogP contribution in [0.1, 0.15) is 84.4 Å². The molecule has 280 valence electrons. The van der Waals surface area contributed by atoms with Crippen LogP contribution >= 0.6 is 0 Å². The Morgan fingerprint density at radius 3 is 2.21 bits per heavy atom. The van der Waals surface area contributed by atoms with Gasteiger partial charge in [0.05, 0.1) is 39.8 Å². The summed E-state index contributed by atoms with van der Waals surface area (Å²) in [6.45, 7) is 5.59. The van der Waals surface area contributed by atoms with E-state index in [1.54, 1.807) is 25.1 Å². The van der Waals surface area contributed by atoms with Crippen molar-refractivity contribution in [2.24, 2.45) is 11.8 Å². The number of nitrogens with one attached hydrogen (secondary N) is 4. The number of methoxy groups -OCH3 is 2. The second-order valence-corrected chi connectivity index (χ2v) is 12.1. The molecule has 3 rings (SSSR count). The Hall–Kier alpha value is -5.50. The van der Waals surface area contributed by atoms with Gasteiger partial charge in [0.2, 0.25) is 11.8 Å². The predicted molar refractivity (Wildman–Crippen MR) is 190 cm³/mol. The lowest BCUT2D eigenvalue weighted by Crippen LogP contribution is -2.45. The van der Waals surface area contributed by atoms with Crippen LogP contribution in [0.5, 0.6) is 0 Å². The third kappa shape index (κ3) is 12.1. The number of furan rings is 1. The number of amides is 4. The van der Waals surface area contributed by atoms with Gasteiger partial charge in [-0.1, -0.05) is 69.5 Å².